The number of carbonyl (C=O) groups excluding carboxylic acids is 1. The Labute approximate surface area is 119 Å². The van der Waals surface area contributed by atoms with E-state index in [-0.39, 0.29) is 11.7 Å². The molecular formula is C16H21NO3. The quantitative estimate of drug-likeness (QED) is 0.791. The van der Waals surface area contributed by atoms with Gasteiger partial charge in [0.15, 0.2) is 5.78 Å². The number of benzene rings is 1. The van der Waals surface area contributed by atoms with Crippen LogP contribution in [-0.2, 0) is 4.74 Å². The van der Waals surface area contributed by atoms with E-state index >= 15 is 0 Å². The number of nitrogens with zero attached hydrogens (tertiary/aromatic N) is 1. The van der Waals surface area contributed by atoms with Crippen LogP contribution in [0.5, 0.6) is 5.75 Å². The summed E-state index contributed by atoms with van der Waals surface area (Å²) in [6.07, 6.45) is 1.78. The summed E-state index contributed by atoms with van der Waals surface area (Å²) >= 11 is 0. The molecule has 4 nitrogen and oxygen atoms in total. The molecule has 4 heteroatoms. The monoisotopic (exact) mass is 275 g/mol. The molecular weight excluding hydrogens is 254 g/mol. The Kier molecular flexibility index (Phi) is 3.76. The van der Waals surface area contributed by atoms with Crippen molar-refractivity contribution in [3.8, 4) is 5.75 Å². The number of ketones is 1. The summed E-state index contributed by atoms with van der Waals surface area (Å²) < 4.78 is 10.8. The third kappa shape index (κ3) is 2.45. The molecule has 0 amide bonds. The van der Waals surface area contributed by atoms with Gasteiger partial charge in [-0.25, -0.2) is 0 Å². The molecule has 108 valence electrons. The lowest BCUT2D eigenvalue weighted by molar-refractivity contribution is -0.0702. The van der Waals surface area contributed by atoms with Crippen molar-refractivity contribution in [3.05, 3.63) is 29.8 Å². The van der Waals surface area contributed by atoms with E-state index in [9.17, 15) is 4.79 Å². The number of morpholine rings is 1. The Balaban J connectivity index is 1.77. The highest BCUT2D eigenvalue weighted by Gasteiger charge is 2.39. The van der Waals surface area contributed by atoms with Gasteiger partial charge in [0.1, 0.15) is 5.75 Å². The van der Waals surface area contributed by atoms with Crippen LogP contribution in [0.3, 0.4) is 0 Å². The highest BCUT2D eigenvalue weighted by molar-refractivity contribution is 5.98. The Morgan fingerprint density at radius 1 is 1.30 bits per heavy atom. The zero-order valence-electron chi connectivity index (χ0n) is 12.0. The third-order valence-electron chi connectivity index (χ3n) is 4.61. The number of Topliss-reactive ketones (excluding diaryl/α,β-unsaturated/α-hetero) is 1. The number of carbonyl (C=O) groups is 1. The average Bonchev–Trinajstić information content (AvgIpc) is 2.46. The first-order chi connectivity index (χ1) is 9.69. The first-order valence-corrected chi connectivity index (χ1v) is 7.17. The lowest BCUT2D eigenvalue weighted by Crippen LogP contribution is -2.55. The lowest BCUT2D eigenvalue weighted by Gasteiger charge is -2.46. The molecule has 1 aromatic rings. The summed E-state index contributed by atoms with van der Waals surface area (Å²) in [4.78, 5) is 15.1. The smallest absolute Gasteiger partial charge is 0.166 e. The Morgan fingerprint density at radius 3 is 2.65 bits per heavy atom. The third-order valence-corrected chi connectivity index (χ3v) is 4.61. The fraction of sp³-hybridized carbons (Fsp3) is 0.562. The van der Waals surface area contributed by atoms with Gasteiger partial charge in [-0.15, -0.1) is 0 Å². The standard InChI is InChI=1S/C16H21NO3/c1-17-13-6-12(7-14(17)10-20-9-13)16(18)11-4-3-5-15(8-11)19-2/h3-5,8,12-14H,6-7,9-10H2,1-2H3. The van der Waals surface area contributed by atoms with Crippen LogP contribution in [0.25, 0.3) is 0 Å². The Bertz CT molecular complexity index is 488. The lowest BCUT2D eigenvalue weighted by atomic mass is 9.81. The largest absolute Gasteiger partial charge is 0.497 e. The molecule has 0 aliphatic carbocycles. The fourth-order valence-corrected chi connectivity index (χ4v) is 3.32. The molecule has 2 bridgehead atoms. The number of ether oxygens (including phenoxy) is 2. The minimum absolute atomic E-state index is 0.109. The molecule has 2 aliphatic heterocycles. The van der Waals surface area contributed by atoms with Crippen LogP contribution in [0.15, 0.2) is 24.3 Å². The number of piperidine rings is 1. The Morgan fingerprint density at radius 2 is 2.00 bits per heavy atom. The van der Waals surface area contributed by atoms with Crippen molar-refractivity contribution in [2.24, 2.45) is 5.92 Å². The number of hydrogen-bond acceptors (Lipinski definition) is 4. The van der Waals surface area contributed by atoms with Crippen LogP contribution in [0, 0.1) is 5.92 Å². The van der Waals surface area contributed by atoms with Gasteiger partial charge in [0.05, 0.1) is 20.3 Å². The van der Waals surface area contributed by atoms with Crippen LogP contribution in [0.2, 0.25) is 0 Å². The predicted molar refractivity (Wildman–Crippen MR) is 76.2 cm³/mol. The van der Waals surface area contributed by atoms with Crippen molar-refractivity contribution in [2.75, 3.05) is 27.4 Å². The van der Waals surface area contributed by atoms with Crippen molar-refractivity contribution >= 4 is 5.78 Å². The molecule has 2 saturated heterocycles. The zero-order valence-corrected chi connectivity index (χ0v) is 12.0. The molecule has 2 fully saturated rings. The minimum atomic E-state index is 0.109. The number of methoxy groups -OCH3 is 1. The van der Waals surface area contributed by atoms with E-state index in [0.29, 0.717) is 12.1 Å². The summed E-state index contributed by atoms with van der Waals surface area (Å²) in [5.41, 5.74) is 0.762. The zero-order chi connectivity index (χ0) is 14.1. The second-order valence-electron chi connectivity index (χ2n) is 5.78. The van der Waals surface area contributed by atoms with Gasteiger partial charge < -0.3 is 9.47 Å². The predicted octanol–water partition coefficient (Wildman–Crippen LogP) is 1.99. The number of rotatable bonds is 3. The highest BCUT2D eigenvalue weighted by Crippen LogP contribution is 2.32. The van der Waals surface area contributed by atoms with E-state index in [1.165, 1.54) is 0 Å². The fourth-order valence-electron chi connectivity index (χ4n) is 3.32. The van der Waals surface area contributed by atoms with Crippen molar-refractivity contribution in [3.63, 3.8) is 0 Å². The molecule has 0 spiro atoms. The molecule has 2 aliphatic rings. The summed E-state index contributed by atoms with van der Waals surface area (Å²) in [7, 11) is 3.77. The molecule has 0 aromatic heterocycles. The first kappa shape index (κ1) is 13.6. The van der Waals surface area contributed by atoms with Crippen LogP contribution in [-0.4, -0.2) is 50.1 Å². The molecule has 0 N–H and O–H groups in total. The normalized spacial score (nSPS) is 30.0. The summed E-state index contributed by atoms with van der Waals surface area (Å²) in [6, 6.07) is 8.23. The van der Waals surface area contributed by atoms with Gasteiger partial charge in [0.25, 0.3) is 0 Å². The number of fused-ring (bicyclic) bond motifs is 2. The van der Waals surface area contributed by atoms with Gasteiger partial charge in [-0.05, 0) is 32.0 Å². The second-order valence-corrected chi connectivity index (χ2v) is 5.78. The summed E-state index contributed by atoms with van der Waals surface area (Å²) in [6.45, 7) is 1.49. The van der Waals surface area contributed by atoms with Crippen LogP contribution in [0.4, 0.5) is 0 Å². The van der Waals surface area contributed by atoms with E-state index in [0.717, 1.165) is 37.4 Å². The Hall–Kier alpha value is -1.39. The maximum atomic E-state index is 12.7. The van der Waals surface area contributed by atoms with E-state index in [1.54, 1.807) is 7.11 Å². The summed E-state index contributed by atoms with van der Waals surface area (Å²) in [5, 5.41) is 0. The van der Waals surface area contributed by atoms with Crippen LogP contribution in [0.1, 0.15) is 23.2 Å². The molecule has 1 aromatic carbocycles. The van der Waals surface area contributed by atoms with Crippen molar-refractivity contribution in [1.82, 2.24) is 4.90 Å². The molecule has 20 heavy (non-hydrogen) atoms. The highest BCUT2D eigenvalue weighted by atomic mass is 16.5. The molecule has 3 rings (SSSR count). The average molecular weight is 275 g/mol. The first-order valence-electron chi connectivity index (χ1n) is 7.17. The van der Waals surface area contributed by atoms with Gasteiger partial charge >= 0.3 is 0 Å². The van der Waals surface area contributed by atoms with Gasteiger partial charge in [0.2, 0.25) is 0 Å². The molecule has 0 saturated carbocycles. The summed E-state index contributed by atoms with van der Waals surface area (Å²) in [5.74, 6) is 1.10. The second kappa shape index (κ2) is 5.54. The molecule has 0 radical (unpaired) electrons. The minimum Gasteiger partial charge on any atom is -0.497 e. The van der Waals surface area contributed by atoms with Gasteiger partial charge in [0, 0.05) is 23.6 Å². The molecule has 2 unspecified atom stereocenters. The molecule has 2 atom stereocenters. The number of likely N-dealkylation sites (N-methyl/N-ethyl adjacent to an activating group) is 1. The maximum Gasteiger partial charge on any atom is 0.166 e. The molecule has 2 heterocycles. The van der Waals surface area contributed by atoms with E-state index < -0.39 is 0 Å². The van der Waals surface area contributed by atoms with Crippen LogP contribution >= 0.6 is 0 Å². The SMILES string of the molecule is COc1cccc(C(=O)C2CC3COCC(C2)N3C)c1. The van der Waals surface area contributed by atoms with E-state index in [4.69, 9.17) is 9.47 Å². The van der Waals surface area contributed by atoms with Gasteiger partial charge in [-0.2, -0.15) is 0 Å². The van der Waals surface area contributed by atoms with Gasteiger partial charge in [-0.3, -0.25) is 9.69 Å². The van der Waals surface area contributed by atoms with Crippen molar-refractivity contribution < 1.29 is 14.3 Å². The van der Waals surface area contributed by atoms with E-state index in [1.807, 2.05) is 24.3 Å². The maximum absolute atomic E-state index is 12.7. The van der Waals surface area contributed by atoms with Crippen molar-refractivity contribution in [1.29, 1.82) is 0 Å². The van der Waals surface area contributed by atoms with Crippen molar-refractivity contribution in [2.45, 2.75) is 24.9 Å². The van der Waals surface area contributed by atoms with Gasteiger partial charge in [-0.1, -0.05) is 12.1 Å². The topological polar surface area (TPSA) is 38.8 Å². The number of hydrogen-bond donors (Lipinski definition) is 0. The van der Waals surface area contributed by atoms with E-state index in [2.05, 4.69) is 11.9 Å². The van der Waals surface area contributed by atoms with Crippen LogP contribution < -0.4 is 4.74 Å².